The van der Waals surface area contributed by atoms with Crippen LogP contribution in [0.15, 0.2) is 47.4 Å². The first-order chi connectivity index (χ1) is 12.9. The lowest BCUT2D eigenvalue weighted by Crippen LogP contribution is -2.33. The predicted octanol–water partition coefficient (Wildman–Crippen LogP) is 2.52. The van der Waals surface area contributed by atoms with Crippen LogP contribution in [0.4, 0.5) is 5.69 Å². The molecule has 0 radical (unpaired) electrons. The lowest BCUT2D eigenvalue weighted by atomic mass is 10.0. The van der Waals surface area contributed by atoms with Gasteiger partial charge in [0.1, 0.15) is 5.75 Å². The van der Waals surface area contributed by atoms with E-state index >= 15 is 0 Å². The molecule has 0 saturated heterocycles. The lowest BCUT2D eigenvalue weighted by molar-refractivity contribution is -0.116. The Hall–Kier alpha value is -2.38. The van der Waals surface area contributed by atoms with Crippen LogP contribution in [-0.4, -0.2) is 34.5 Å². The van der Waals surface area contributed by atoms with Crippen molar-refractivity contribution in [3.8, 4) is 5.75 Å². The van der Waals surface area contributed by atoms with Crippen LogP contribution in [0.3, 0.4) is 0 Å². The summed E-state index contributed by atoms with van der Waals surface area (Å²) in [6, 6.07) is 12.5. The highest BCUT2D eigenvalue weighted by Crippen LogP contribution is 2.29. The molecule has 3 rings (SSSR count). The first-order valence-corrected chi connectivity index (χ1v) is 10.4. The number of rotatable bonds is 6. The molecule has 0 aliphatic carbocycles. The molecule has 27 heavy (non-hydrogen) atoms. The normalized spacial score (nSPS) is 13.9. The van der Waals surface area contributed by atoms with Gasteiger partial charge in [0.15, 0.2) is 0 Å². The van der Waals surface area contributed by atoms with Crippen molar-refractivity contribution >= 4 is 21.6 Å². The Balaban J connectivity index is 1.70. The molecule has 1 amide bonds. The molecular weight excluding hydrogens is 364 g/mol. The van der Waals surface area contributed by atoms with E-state index in [1.165, 1.54) is 6.92 Å². The second kappa shape index (κ2) is 8.10. The molecule has 2 aromatic carbocycles. The van der Waals surface area contributed by atoms with Gasteiger partial charge in [0.25, 0.3) is 0 Å². The molecule has 1 heterocycles. The molecule has 0 unspecified atom stereocenters. The molecule has 7 heteroatoms. The van der Waals surface area contributed by atoms with Crippen molar-refractivity contribution in [1.82, 2.24) is 4.72 Å². The smallest absolute Gasteiger partial charge is 0.240 e. The highest BCUT2D eigenvalue weighted by Gasteiger charge is 2.22. The van der Waals surface area contributed by atoms with Gasteiger partial charge in [0, 0.05) is 25.7 Å². The number of nitrogens with one attached hydrogen (secondary N) is 1. The topological polar surface area (TPSA) is 75.7 Å². The number of fused-ring (bicyclic) bond motifs is 1. The second-order valence-corrected chi connectivity index (χ2v) is 8.33. The molecule has 0 bridgehead atoms. The number of amides is 1. The molecule has 0 aromatic heterocycles. The van der Waals surface area contributed by atoms with Crippen molar-refractivity contribution in [2.75, 3.05) is 25.1 Å². The minimum absolute atomic E-state index is 0.0250. The third kappa shape index (κ3) is 4.48. The van der Waals surface area contributed by atoms with E-state index in [1.807, 2.05) is 24.3 Å². The van der Waals surface area contributed by atoms with E-state index in [4.69, 9.17) is 4.74 Å². The fourth-order valence-corrected chi connectivity index (χ4v) is 4.39. The van der Waals surface area contributed by atoms with Crippen molar-refractivity contribution < 1.29 is 17.9 Å². The van der Waals surface area contributed by atoms with Gasteiger partial charge in [0.2, 0.25) is 15.9 Å². The summed E-state index contributed by atoms with van der Waals surface area (Å²) in [6.07, 6.45) is 2.17. The summed E-state index contributed by atoms with van der Waals surface area (Å²) in [4.78, 5) is 13.7. The van der Waals surface area contributed by atoms with Gasteiger partial charge in [0.05, 0.1) is 12.0 Å². The van der Waals surface area contributed by atoms with Crippen molar-refractivity contribution in [3.05, 3.63) is 53.6 Å². The number of nitrogens with zero attached hydrogens (tertiary/aromatic N) is 1. The van der Waals surface area contributed by atoms with Gasteiger partial charge in [-0.05, 0) is 60.7 Å². The lowest BCUT2D eigenvalue weighted by Gasteiger charge is -2.28. The van der Waals surface area contributed by atoms with Crippen molar-refractivity contribution in [1.29, 1.82) is 0 Å². The first-order valence-electron chi connectivity index (χ1n) is 8.94. The number of carbonyl (C=O) groups is 1. The SMILES string of the molecule is COc1cccc(CCNS(=O)(=O)c2ccc3c(c2)CCCN3C(C)=O)c1. The van der Waals surface area contributed by atoms with E-state index < -0.39 is 10.0 Å². The van der Waals surface area contributed by atoms with E-state index in [0.29, 0.717) is 19.5 Å². The average molecular weight is 388 g/mol. The molecule has 1 N–H and O–H groups in total. The monoisotopic (exact) mass is 388 g/mol. The van der Waals surface area contributed by atoms with Crippen LogP contribution in [0.5, 0.6) is 5.75 Å². The highest BCUT2D eigenvalue weighted by atomic mass is 32.2. The number of sulfonamides is 1. The third-order valence-corrected chi connectivity index (χ3v) is 6.16. The quantitative estimate of drug-likeness (QED) is 0.825. The summed E-state index contributed by atoms with van der Waals surface area (Å²) in [5.74, 6) is 0.725. The Labute approximate surface area is 160 Å². The maximum absolute atomic E-state index is 12.6. The van der Waals surface area contributed by atoms with Gasteiger partial charge in [-0.3, -0.25) is 4.79 Å². The van der Waals surface area contributed by atoms with E-state index in [-0.39, 0.29) is 10.8 Å². The predicted molar refractivity (Wildman–Crippen MR) is 105 cm³/mol. The van der Waals surface area contributed by atoms with Crippen LogP contribution in [0.25, 0.3) is 0 Å². The minimum Gasteiger partial charge on any atom is -0.497 e. The molecule has 6 nitrogen and oxygen atoms in total. The minimum atomic E-state index is -3.60. The largest absolute Gasteiger partial charge is 0.497 e. The summed E-state index contributed by atoms with van der Waals surface area (Å²) >= 11 is 0. The summed E-state index contributed by atoms with van der Waals surface area (Å²) < 4.78 is 33.1. The molecule has 0 saturated carbocycles. The molecule has 0 atom stereocenters. The van der Waals surface area contributed by atoms with E-state index in [0.717, 1.165) is 35.4 Å². The van der Waals surface area contributed by atoms with Gasteiger partial charge in [-0.2, -0.15) is 0 Å². The Bertz CT molecular complexity index is 941. The average Bonchev–Trinajstić information content (AvgIpc) is 2.67. The highest BCUT2D eigenvalue weighted by molar-refractivity contribution is 7.89. The molecule has 1 aliphatic heterocycles. The third-order valence-electron chi connectivity index (χ3n) is 4.70. The summed E-state index contributed by atoms with van der Waals surface area (Å²) in [5, 5.41) is 0. The Kier molecular flexibility index (Phi) is 5.82. The maximum Gasteiger partial charge on any atom is 0.240 e. The number of carbonyl (C=O) groups excluding carboxylic acids is 1. The number of ether oxygens (including phenoxy) is 1. The number of hydrogen-bond acceptors (Lipinski definition) is 4. The summed E-state index contributed by atoms with van der Waals surface area (Å²) in [5.41, 5.74) is 2.70. The van der Waals surface area contributed by atoms with Crippen LogP contribution >= 0.6 is 0 Å². The summed E-state index contributed by atoms with van der Waals surface area (Å²) in [7, 11) is -2.00. The van der Waals surface area contributed by atoms with Crippen LogP contribution in [-0.2, 0) is 27.7 Å². The van der Waals surface area contributed by atoms with Crippen LogP contribution in [0, 0.1) is 0 Å². The molecule has 2 aromatic rings. The zero-order valence-corrected chi connectivity index (χ0v) is 16.4. The fraction of sp³-hybridized carbons (Fsp3) is 0.350. The van der Waals surface area contributed by atoms with E-state index in [9.17, 15) is 13.2 Å². The number of methoxy groups -OCH3 is 1. The van der Waals surface area contributed by atoms with Gasteiger partial charge in [-0.15, -0.1) is 0 Å². The maximum atomic E-state index is 12.6. The Morgan fingerprint density at radius 2 is 2.04 bits per heavy atom. The van der Waals surface area contributed by atoms with Gasteiger partial charge in [-0.25, -0.2) is 13.1 Å². The second-order valence-electron chi connectivity index (χ2n) is 6.56. The van der Waals surface area contributed by atoms with E-state index in [2.05, 4.69) is 4.72 Å². The number of benzene rings is 2. The molecule has 0 fully saturated rings. The van der Waals surface area contributed by atoms with Gasteiger partial charge < -0.3 is 9.64 Å². The first kappa shape index (κ1) is 19.4. The number of anilines is 1. The molecule has 0 spiro atoms. The van der Waals surface area contributed by atoms with E-state index in [1.54, 1.807) is 30.2 Å². The Morgan fingerprint density at radius 3 is 2.78 bits per heavy atom. The Morgan fingerprint density at radius 1 is 1.22 bits per heavy atom. The number of aryl methyl sites for hydroxylation is 1. The van der Waals surface area contributed by atoms with Gasteiger partial charge >= 0.3 is 0 Å². The standard InChI is InChI=1S/C20H24N2O4S/c1-15(23)22-12-4-6-17-14-19(8-9-20(17)22)27(24,25)21-11-10-16-5-3-7-18(13-16)26-2/h3,5,7-9,13-14,21H,4,6,10-12H2,1-2H3. The molecule has 1 aliphatic rings. The van der Waals surface area contributed by atoms with Crippen molar-refractivity contribution in [3.63, 3.8) is 0 Å². The van der Waals surface area contributed by atoms with Crippen LogP contribution in [0.2, 0.25) is 0 Å². The van der Waals surface area contributed by atoms with Crippen LogP contribution in [0.1, 0.15) is 24.5 Å². The zero-order chi connectivity index (χ0) is 19.4. The fourth-order valence-electron chi connectivity index (χ4n) is 3.31. The van der Waals surface area contributed by atoms with Crippen molar-refractivity contribution in [2.24, 2.45) is 0 Å². The van der Waals surface area contributed by atoms with Crippen LogP contribution < -0.4 is 14.4 Å². The van der Waals surface area contributed by atoms with Crippen molar-refractivity contribution in [2.45, 2.75) is 31.1 Å². The molecular formula is C20H24N2O4S. The summed E-state index contributed by atoms with van der Waals surface area (Å²) in [6.45, 7) is 2.50. The zero-order valence-electron chi connectivity index (χ0n) is 15.6. The molecule has 144 valence electrons. The number of hydrogen-bond donors (Lipinski definition) is 1. The van der Waals surface area contributed by atoms with Gasteiger partial charge in [-0.1, -0.05) is 12.1 Å².